The van der Waals surface area contributed by atoms with Crippen LogP contribution in [0.5, 0.6) is 46.0 Å². The van der Waals surface area contributed by atoms with Crippen LogP contribution in [-0.4, -0.2) is 31.8 Å². The largest absolute Gasteiger partial charge is 0.473 e. The van der Waals surface area contributed by atoms with E-state index in [4.69, 9.17) is 28.4 Å². The van der Waals surface area contributed by atoms with Crippen molar-refractivity contribution in [3.8, 4) is 57.1 Å². The molecule has 16 rings (SSSR count). The van der Waals surface area contributed by atoms with Gasteiger partial charge in [-0.1, -0.05) is 97.9 Å². The Hall–Kier alpha value is -10.3. The minimum Gasteiger partial charge on any atom is -0.473 e. The second-order valence-corrected chi connectivity index (χ2v) is 22.5. The Bertz CT molecular complexity index is 4520. The summed E-state index contributed by atoms with van der Waals surface area (Å²) in [5, 5.41) is 8.72. The normalized spacial score (nSPS) is 16.2. The highest BCUT2D eigenvalue weighted by Gasteiger charge is 2.27. The molecule has 0 amide bonds. The molecule has 84 heavy (non-hydrogen) atoms. The van der Waals surface area contributed by atoms with E-state index in [9.17, 15) is 0 Å². The molecule has 1 atom stereocenters. The number of para-hydroxylation sites is 2. The first-order chi connectivity index (χ1) is 41.4. The Labute approximate surface area is 487 Å². The monoisotopic (exact) mass is 1100 g/mol. The Kier molecular flexibility index (Phi) is 12.1. The smallest absolute Gasteiger partial charge is 0.161 e. The average Bonchev–Trinajstić information content (AvgIpc) is 1.80. The first-order valence-electron chi connectivity index (χ1n) is 28.8. The van der Waals surface area contributed by atoms with Crippen LogP contribution in [0.2, 0.25) is 0 Å². The maximum absolute atomic E-state index is 6.87. The SMILES string of the molecule is C[C@@H]1C=CC=C(N2COc3cc4cc(Oc5ccc6ccc(Oc7ccc8cc9c(c(-c%10cccc(N%11COc%12cc%13cc%14c(cc%13cc%12C%11)CN(c%11ccccc%11)CO%14)c%10)c8c7)OCN(c7ccccc7)C9)cc6c5)ccc4cc3C2)C=C1. The topological polar surface area (TPSA) is 68.3 Å². The van der Waals surface area contributed by atoms with E-state index < -0.39 is 0 Å². The van der Waals surface area contributed by atoms with Crippen molar-refractivity contribution in [3.63, 3.8) is 0 Å². The molecule has 0 saturated carbocycles. The number of ether oxygens (including phenoxy) is 6. The number of allylic oxidation sites excluding steroid dienone is 5. The van der Waals surface area contributed by atoms with Gasteiger partial charge in [-0.2, -0.15) is 0 Å². The van der Waals surface area contributed by atoms with E-state index in [0.29, 0.717) is 45.9 Å². The van der Waals surface area contributed by atoms with Gasteiger partial charge in [-0.05, 0) is 194 Å². The van der Waals surface area contributed by atoms with Gasteiger partial charge in [0.25, 0.3) is 0 Å². The molecule has 11 aromatic rings. The lowest BCUT2D eigenvalue weighted by Gasteiger charge is -2.33. The summed E-state index contributed by atoms with van der Waals surface area (Å²) in [6.45, 7) is 7.01. The van der Waals surface area contributed by atoms with Crippen molar-refractivity contribution in [2.75, 3.05) is 41.6 Å². The van der Waals surface area contributed by atoms with E-state index in [-0.39, 0.29) is 0 Å². The van der Waals surface area contributed by atoms with Crippen molar-refractivity contribution >= 4 is 60.2 Å². The van der Waals surface area contributed by atoms with Gasteiger partial charge in [0, 0.05) is 76.8 Å². The summed E-state index contributed by atoms with van der Waals surface area (Å²) in [5.41, 5.74) is 11.2. The van der Waals surface area contributed by atoms with Crippen molar-refractivity contribution in [2.45, 2.75) is 33.1 Å². The molecule has 5 aliphatic rings. The van der Waals surface area contributed by atoms with Crippen LogP contribution in [0.3, 0.4) is 0 Å². The van der Waals surface area contributed by atoms with E-state index in [2.05, 4.69) is 227 Å². The predicted molar refractivity (Wildman–Crippen MR) is 336 cm³/mol. The fourth-order valence-electron chi connectivity index (χ4n) is 12.5. The van der Waals surface area contributed by atoms with Gasteiger partial charge in [-0.25, -0.2) is 0 Å². The van der Waals surface area contributed by atoms with E-state index in [1.165, 1.54) is 16.5 Å². The molecule has 4 heterocycles. The number of anilines is 3. The van der Waals surface area contributed by atoms with Gasteiger partial charge >= 0.3 is 0 Å². The number of rotatable bonds is 9. The third-order valence-corrected chi connectivity index (χ3v) is 16.9. The summed E-state index contributed by atoms with van der Waals surface area (Å²) in [5.74, 6) is 6.97. The van der Waals surface area contributed by atoms with Gasteiger partial charge in [0.2, 0.25) is 0 Å². The summed E-state index contributed by atoms with van der Waals surface area (Å²) >= 11 is 0. The summed E-state index contributed by atoms with van der Waals surface area (Å²) in [7, 11) is 0. The fourth-order valence-corrected chi connectivity index (χ4v) is 12.5. The molecule has 0 N–H and O–H groups in total. The van der Waals surface area contributed by atoms with Crippen LogP contribution in [0.4, 0.5) is 17.1 Å². The van der Waals surface area contributed by atoms with E-state index in [1.54, 1.807) is 0 Å². The second kappa shape index (κ2) is 20.6. The minimum absolute atomic E-state index is 0.408. The predicted octanol–water partition coefficient (Wildman–Crippen LogP) is 17.4. The minimum atomic E-state index is 0.408. The molecule has 410 valence electrons. The lowest BCUT2D eigenvalue weighted by atomic mass is 9.92. The van der Waals surface area contributed by atoms with Gasteiger partial charge in [-0.15, -0.1) is 0 Å². The third kappa shape index (κ3) is 9.45. The zero-order valence-corrected chi connectivity index (χ0v) is 46.4. The lowest BCUT2D eigenvalue weighted by Crippen LogP contribution is -2.32. The maximum Gasteiger partial charge on any atom is 0.161 e. The van der Waals surface area contributed by atoms with Crippen molar-refractivity contribution in [1.29, 1.82) is 0 Å². The number of hydrogen-bond acceptors (Lipinski definition) is 10. The molecule has 0 bridgehead atoms. The first-order valence-corrected chi connectivity index (χ1v) is 28.8. The first kappa shape index (κ1) is 49.5. The molecule has 10 nitrogen and oxygen atoms in total. The molecule has 4 aliphatic heterocycles. The molecule has 0 unspecified atom stereocenters. The van der Waals surface area contributed by atoms with Gasteiger partial charge < -0.3 is 48.0 Å². The fraction of sp³-hybridized carbons (Fsp3) is 0.135. The molecular formula is C74H58N4O6. The van der Waals surface area contributed by atoms with Gasteiger partial charge in [0.05, 0.1) is 0 Å². The Morgan fingerprint density at radius 3 is 1.50 bits per heavy atom. The molecule has 0 saturated heterocycles. The number of benzene rings is 11. The highest BCUT2D eigenvalue weighted by molar-refractivity contribution is 6.02. The van der Waals surface area contributed by atoms with E-state index >= 15 is 0 Å². The number of hydrogen-bond donors (Lipinski definition) is 0. The van der Waals surface area contributed by atoms with Crippen LogP contribution in [0.15, 0.2) is 236 Å². The zero-order valence-electron chi connectivity index (χ0n) is 46.4. The summed E-state index contributed by atoms with van der Waals surface area (Å²) < 4.78 is 39.4. The molecule has 0 radical (unpaired) electrons. The molecule has 1 aliphatic carbocycles. The van der Waals surface area contributed by atoms with Crippen LogP contribution in [0.25, 0.3) is 54.2 Å². The standard InChI is InChI=1S/C74H58N4O6/c1-48-10-8-16-63(23-18-48)76-40-57-28-50-21-26-67(35-55(50)36-70(57)80-45-76)83-65-24-19-49-20-25-66(34-54(49)33-65)84-68-27-22-51-29-60-43-77(62-14-6-3-7-15-62)47-82-74(60)73(69(51)39-68)52-11-9-17-64(32-52)78-42-59-31-53-30-58-41-75(61-12-4-2-5-13-61)44-79-71(58)37-56(53)38-72(59)81-46-78/h2-39,48H,40-47H2,1H3/t48-/m1/s1. The molecule has 0 aromatic heterocycles. The van der Waals surface area contributed by atoms with Crippen LogP contribution < -0.4 is 43.1 Å². The molecule has 0 fully saturated rings. The van der Waals surface area contributed by atoms with Crippen LogP contribution in [-0.2, 0) is 26.2 Å². The van der Waals surface area contributed by atoms with Crippen molar-refractivity contribution in [1.82, 2.24) is 4.90 Å². The Morgan fingerprint density at radius 2 is 0.857 bits per heavy atom. The molecule has 0 spiro atoms. The summed E-state index contributed by atoms with van der Waals surface area (Å²) in [6.07, 6.45) is 10.9. The van der Waals surface area contributed by atoms with Crippen molar-refractivity contribution in [3.05, 3.63) is 259 Å². The quantitative estimate of drug-likeness (QED) is 0.140. The van der Waals surface area contributed by atoms with Gasteiger partial charge in [-0.3, -0.25) is 0 Å². The highest BCUT2D eigenvalue weighted by atomic mass is 16.5. The van der Waals surface area contributed by atoms with Crippen LogP contribution in [0.1, 0.15) is 29.2 Å². The summed E-state index contributed by atoms with van der Waals surface area (Å²) in [4.78, 5) is 9.12. The molecular weight excluding hydrogens is 1040 g/mol. The van der Waals surface area contributed by atoms with Crippen LogP contribution >= 0.6 is 0 Å². The zero-order chi connectivity index (χ0) is 55.7. The Morgan fingerprint density at radius 1 is 0.381 bits per heavy atom. The van der Waals surface area contributed by atoms with Gasteiger partial charge in [0.15, 0.2) is 26.9 Å². The van der Waals surface area contributed by atoms with E-state index in [1.807, 2.05) is 30.3 Å². The highest BCUT2D eigenvalue weighted by Crippen LogP contribution is 2.46. The van der Waals surface area contributed by atoms with Crippen LogP contribution in [0, 0.1) is 5.92 Å². The average molecular weight is 1100 g/mol. The maximum atomic E-state index is 6.87. The van der Waals surface area contributed by atoms with Gasteiger partial charge in [0.1, 0.15) is 46.0 Å². The van der Waals surface area contributed by atoms with Crippen molar-refractivity contribution in [2.24, 2.45) is 5.92 Å². The lowest BCUT2D eigenvalue weighted by molar-refractivity contribution is 0.132. The third-order valence-electron chi connectivity index (χ3n) is 16.9. The van der Waals surface area contributed by atoms with Crippen molar-refractivity contribution < 1.29 is 28.4 Å². The number of nitrogens with zero attached hydrogens (tertiary/aromatic N) is 4. The molecule has 10 heteroatoms. The second-order valence-electron chi connectivity index (χ2n) is 22.5. The van der Waals surface area contributed by atoms with E-state index in [0.717, 1.165) is 142 Å². The Balaban J connectivity index is 0.677. The molecule has 11 aromatic carbocycles. The number of fused-ring (bicyclic) bond motifs is 8. The summed E-state index contributed by atoms with van der Waals surface area (Å²) in [6, 6.07) is 70.3.